The molecule has 0 aromatic heterocycles. The second-order valence-electron chi connectivity index (χ2n) is 14.4. The number of aliphatic carboxylic acids is 1. The van der Waals surface area contributed by atoms with Crippen molar-refractivity contribution in [1.29, 1.82) is 0 Å². The lowest BCUT2D eigenvalue weighted by molar-refractivity contribution is -0.148. The van der Waals surface area contributed by atoms with Gasteiger partial charge in [0.25, 0.3) is 0 Å². The van der Waals surface area contributed by atoms with Gasteiger partial charge in [0.15, 0.2) is 5.78 Å². The summed E-state index contributed by atoms with van der Waals surface area (Å²) in [4.78, 5) is 39.3. The Kier molecular flexibility index (Phi) is 6.92. The van der Waals surface area contributed by atoms with Crippen LogP contribution in [0.4, 0.5) is 0 Å². The summed E-state index contributed by atoms with van der Waals surface area (Å²) in [6, 6.07) is 0. The van der Waals surface area contributed by atoms with E-state index in [1.165, 1.54) is 6.92 Å². The van der Waals surface area contributed by atoms with Crippen LogP contribution in [0.15, 0.2) is 11.1 Å². The Bertz CT molecular complexity index is 1070. The number of fused-ring (bicyclic) bond motifs is 4. The predicted octanol–water partition coefficient (Wildman–Crippen LogP) is 3.04. The van der Waals surface area contributed by atoms with Crippen molar-refractivity contribution in [1.82, 2.24) is 0 Å². The molecule has 10 atom stereocenters. The van der Waals surface area contributed by atoms with Gasteiger partial charge < -0.3 is 25.5 Å². The number of carboxylic acid groups (broad SMARTS) is 1. The van der Waals surface area contributed by atoms with Gasteiger partial charge in [-0.25, -0.2) is 0 Å². The lowest BCUT2D eigenvalue weighted by Gasteiger charge is -2.62. The molecule has 4 aliphatic rings. The van der Waals surface area contributed by atoms with E-state index in [2.05, 4.69) is 0 Å². The average Bonchev–Trinajstić information content (AvgIpc) is 2.99. The molecular formula is C30H46O8. The number of carbonyl (C=O) groups excluding carboxylic acids is 2. The summed E-state index contributed by atoms with van der Waals surface area (Å²) in [6.45, 7) is 12.7. The minimum absolute atomic E-state index is 0.00232. The molecule has 2 saturated carbocycles. The smallest absolute Gasteiger partial charge is 0.306 e. The number of rotatable bonds is 6. The zero-order chi connectivity index (χ0) is 28.8. The third-order valence-corrected chi connectivity index (χ3v) is 11.7. The van der Waals surface area contributed by atoms with Gasteiger partial charge in [-0.1, -0.05) is 34.6 Å². The van der Waals surface area contributed by atoms with Crippen LogP contribution in [0.5, 0.6) is 0 Å². The second-order valence-corrected chi connectivity index (χ2v) is 14.4. The topological polar surface area (TPSA) is 152 Å². The zero-order valence-electron chi connectivity index (χ0n) is 23.9. The zero-order valence-corrected chi connectivity index (χ0v) is 23.9. The number of hydrogen-bond acceptors (Lipinski definition) is 7. The Morgan fingerprint density at radius 1 is 1.13 bits per heavy atom. The number of Topliss-reactive ketones (excluding diaryl/α,β-unsaturated/α-hetero) is 2. The van der Waals surface area contributed by atoms with Crippen molar-refractivity contribution in [3.8, 4) is 0 Å². The average molecular weight is 535 g/mol. The molecule has 0 unspecified atom stereocenters. The standard InChI is InChI=1S/C30H46O8/c1-15(25(36)37)10-16(31)13-29(6,38)20-12-22(35)30(7)24-17(32)11-19-26(2,3)21(34)8-9-27(19,4)23(24)18(33)14-28(20,30)5/h15-17,19-21,31-32,34,38H,8-14H2,1-7H3,(H,36,37)/t15-,16-,17+,19+,20+,21+,27+,28-,29+,30+/m0/s1. The number of ketones is 2. The molecule has 0 radical (unpaired) electrons. The molecule has 8 heteroatoms. The van der Waals surface area contributed by atoms with Gasteiger partial charge >= 0.3 is 5.97 Å². The maximum absolute atomic E-state index is 14.1. The van der Waals surface area contributed by atoms with Crippen molar-refractivity contribution in [3.63, 3.8) is 0 Å². The highest BCUT2D eigenvalue weighted by Gasteiger charge is 2.71. The lowest BCUT2D eigenvalue weighted by atomic mass is 9.42. The first-order valence-corrected chi connectivity index (χ1v) is 14.1. The van der Waals surface area contributed by atoms with E-state index in [-0.39, 0.29) is 43.2 Å². The molecule has 8 nitrogen and oxygen atoms in total. The summed E-state index contributed by atoms with van der Waals surface area (Å²) in [7, 11) is 0. The molecule has 4 rings (SSSR count). The summed E-state index contributed by atoms with van der Waals surface area (Å²) in [5, 5.41) is 54.0. The van der Waals surface area contributed by atoms with Gasteiger partial charge in [-0.2, -0.15) is 0 Å². The van der Waals surface area contributed by atoms with Crippen LogP contribution in [-0.2, 0) is 14.4 Å². The normalized spacial score (nSPS) is 43.6. The van der Waals surface area contributed by atoms with Crippen LogP contribution in [-0.4, -0.2) is 67.0 Å². The molecule has 5 N–H and O–H groups in total. The van der Waals surface area contributed by atoms with E-state index in [9.17, 15) is 39.9 Å². The van der Waals surface area contributed by atoms with Crippen LogP contribution in [0.2, 0.25) is 0 Å². The molecule has 4 aliphatic carbocycles. The van der Waals surface area contributed by atoms with Gasteiger partial charge in [-0.15, -0.1) is 0 Å². The van der Waals surface area contributed by atoms with Gasteiger partial charge in [-0.05, 0) is 67.3 Å². The summed E-state index contributed by atoms with van der Waals surface area (Å²) in [5.41, 5.74) is -3.75. The molecule has 214 valence electrons. The minimum atomic E-state index is -1.54. The van der Waals surface area contributed by atoms with E-state index in [0.717, 1.165) is 0 Å². The Balaban J connectivity index is 1.78. The first kappa shape index (κ1) is 29.4. The fraction of sp³-hybridized carbons (Fsp3) is 0.833. The fourth-order valence-corrected chi connectivity index (χ4v) is 9.35. The predicted molar refractivity (Wildman–Crippen MR) is 140 cm³/mol. The number of carboxylic acids is 1. The fourth-order valence-electron chi connectivity index (χ4n) is 9.35. The minimum Gasteiger partial charge on any atom is -0.481 e. The number of hydrogen-bond donors (Lipinski definition) is 5. The van der Waals surface area contributed by atoms with Crippen LogP contribution >= 0.6 is 0 Å². The maximum atomic E-state index is 14.1. The Morgan fingerprint density at radius 3 is 2.32 bits per heavy atom. The van der Waals surface area contributed by atoms with Crippen molar-refractivity contribution >= 4 is 17.5 Å². The maximum Gasteiger partial charge on any atom is 0.306 e. The van der Waals surface area contributed by atoms with Gasteiger partial charge in [0.2, 0.25) is 0 Å². The first-order valence-electron chi connectivity index (χ1n) is 14.1. The van der Waals surface area contributed by atoms with Crippen LogP contribution < -0.4 is 0 Å². The van der Waals surface area contributed by atoms with Crippen LogP contribution in [0.1, 0.15) is 93.4 Å². The SMILES string of the molecule is C[C@@H](C[C@H](O)C[C@@](C)(O)[C@@H]1CC(=O)[C@]2(C)C3=C(C(=O)C[C@@]12C)[C@]1(C)CC[C@@H](O)C(C)(C)[C@H]1C[C@H]3O)C(=O)O. The van der Waals surface area contributed by atoms with E-state index in [0.29, 0.717) is 30.4 Å². The van der Waals surface area contributed by atoms with Gasteiger partial charge in [0.05, 0.1) is 35.2 Å². The molecule has 0 bridgehead atoms. The van der Waals surface area contributed by atoms with Crippen LogP contribution in [0.3, 0.4) is 0 Å². The highest BCUT2D eigenvalue weighted by molar-refractivity contribution is 6.05. The van der Waals surface area contributed by atoms with E-state index in [4.69, 9.17) is 0 Å². The summed E-state index contributed by atoms with van der Waals surface area (Å²) in [6.07, 6.45) is -1.30. The number of aliphatic hydroxyl groups is 4. The molecule has 2 fully saturated rings. The summed E-state index contributed by atoms with van der Waals surface area (Å²) < 4.78 is 0. The molecule has 0 aromatic carbocycles. The van der Waals surface area contributed by atoms with Crippen molar-refractivity contribution < 1.29 is 39.9 Å². The molecule has 0 aromatic rings. The number of carbonyl (C=O) groups is 3. The van der Waals surface area contributed by atoms with Crippen LogP contribution in [0, 0.1) is 39.4 Å². The monoisotopic (exact) mass is 534 g/mol. The first-order chi connectivity index (χ1) is 17.2. The highest BCUT2D eigenvalue weighted by Crippen LogP contribution is 2.71. The number of aliphatic hydroxyl groups excluding tert-OH is 3. The molecular weight excluding hydrogens is 488 g/mol. The van der Waals surface area contributed by atoms with Gasteiger partial charge in [0, 0.05) is 30.8 Å². The Morgan fingerprint density at radius 2 is 1.74 bits per heavy atom. The van der Waals surface area contributed by atoms with Crippen molar-refractivity contribution in [3.05, 3.63) is 11.1 Å². The molecule has 0 saturated heterocycles. The lowest BCUT2D eigenvalue weighted by Crippen LogP contribution is -2.61. The van der Waals surface area contributed by atoms with E-state index >= 15 is 0 Å². The summed E-state index contributed by atoms with van der Waals surface area (Å²) in [5.74, 6) is -2.87. The quantitative estimate of drug-likeness (QED) is 0.349. The van der Waals surface area contributed by atoms with Crippen molar-refractivity contribution in [2.24, 2.45) is 39.4 Å². The molecule has 0 spiro atoms. The summed E-state index contributed by atoms with van der Waals surface area (Å²) >= 11 is 0. The Hall–Kier alpha value is -1.61. The third kappa shape index (κ3) is 3.88. The van der Waals surface area contributed by atoms with E-state index in [1.54, 1.807) is 6.92 Å². The molecule has 0 aliphatic heterocycles. The third-order valence-electron chi connectivity index (χ3n) is 11.7. The van der Waals surface area contributed by atoms with E-state index < -0.39 is 63.4 Å². The number of allylic oxidation sites excluding steroid dienone is 1. The second kappa shape index (κ2) is 8.95. The van der Waals surface area contributed by atoms with Gasteiger partial charge in [-0.3, -0.25) is 14.4 Å². The highest BCUT2D eigenvalue weighted by atomic mass is 16.4. The van der Waals surface area contributed by atoms with Crippen molar-refractivity contribution in [2.75, 3.05) is 0 Å². The Labute approximate surface area is 225 Å². The molecule has 38 heavy (non-hydrogen) atoms. The van der Waals surface area contributed by atoms with Crippen LogP contribution in [0.25, 0.3) is 0 Å². The van der Waals surface area contributed by atoms with E-state index in [1.807, 2.05) is 34.6 Å². The largest absolute Gasteiger partial charge is 0.481 e. The molecule has 0 heterocycles. The van der Waals surface area contributed by atoms with Crippen molar-refractivity contribution in [2.45, 2.75) is 117 Å². The van der Waals surface area contributed by atoms with Gasteiger partial charge in [0.1, 0.15) is 5.78 Å². The molecule has 0 amide bonds.